The Bertz CT molecular complexity index is 916. The number of aromatic nitrogens is 1. The molecule has 0 saturated carbocycles. The molecule has 1 unspecified atom stereocenters. The van der Waals surface area contributed by atoms with Crippen molar-refractivity contribution in [3.63, 3.8) is 0 Å². The number of oxazole rings is 1. The molecule has 2 aromatic rings. The maximum absolute atomic E-state index is 13.9. The summed E-state index contributed by atoms with van der Waals surface area (Å²) in [5.41, 5.74) is 2.25. The molecule has 1 aromatic carbocycles. The van der Waals surface area contributed by atoms with E-state index < -0.39 is 23.1 Å². The third-order valence-electron chi connectivity index (χ3n) is 5.16. The molecule has 142 valence electrons. The predicted octanol–water partition coefficient (Wildman–Crippen LogP) is 1.78. The molecule has 27 heavy (non-hydrogen) atoms. The van der Waals surface area contributed by atoms with Crippen LogP contribution in [0, 0.1) is 18.6 Å². The first-order valence-electron chi connectivity index (χ1n) is 8.58. The Morgan fingerprint density at radius 2 is 2.22 bits per heavy atom. The lowest BCUT2D eigenvalue weighted by Crippen LogP contribution is -2.53. The Morgan fingerprint density at radius 1 is 1.41 bits per heavy atom. The third-order valence-corrected chi connectivity index (χ3v) is 5.16. The van der Waals surface area contributed by atoms with Gasteiger partial charge in [-0.05, 0) is 31.5 Å². The van der Waals surface area contributed by atoms with Crippen LogP contribution in [-0.2, 0) is 11.3 Å². The number of aryl methyl sites for hydroxylation is 1. The van der Waals surface area contributed by atoms with Gasteiger partial charge in [-0.1, -0.05) is 0 Å². The first kappa shape index (κ1) is 17.6. The van der Waals surface area contributed by atoms with Crippen LogP contribution in [0.15, 0.2) is 29.0 Å². The van der Waals surface area contributed by atoms with Crippen molar-refractivity contribution in [3.05, 3.63) is 53.2 Å². The van der Waals surface area contributed by atoms with Gasteiger partial charge < -0.3 is 4.42 Å². The van der Waals surface area contributed by atoms with Crippen LogP contribution in [-0.4, -0.2) is 45.3 Å². The topological polar surface area (TPSA) is 78.7 Å². The summed E-state index contributed by atoms with van der Waals surface area (Å²) >= 11 is 0. The third kappa shape index (κ3) is 3.08. The van der Waals surface area contributed by atoms with Crippen LogP contribution in [0.5, 0.6) is 0 Å². The van der Waals surface area contributed by atoms with Gasteiger partial charge in [-0.3, -0.25) is 19.9 Å². The highest BCUT2D eigenvalue weighted by molar-refractivity contribution is 5.97. The van der Waals surface area contributed by atoms with Crippen LogP contribution in [0.4, 0.5) is 8.78 Å². The Morgan fingerprint density at radius 3 is 2.96 bits per heavy atom. The zero-order valence-electron chi connectivity index (χ0n) is 14.7. The molecule has 7 nitrogen and oxygen atoms in total. The lowest BCUT2D eigenvalue weighted by molar-refractivity contribution is -0.120. The number of hydrogen-bond donors (Lipinski definition) is 1. The summed E-state index contributed by atoms with van der Waals surface area (Å²) in [7, 11) is 0. The van der Waals surface area contributed by atoms with Crippen LogP contribution in [0.2, 0.25) is 0 Å². The summed E-state index contributed by atoms with van der Waals surface area (Å²) < 4.78 is 32.5. The zero-order valence-corrected chi connectivity index (χ0v) is 14.7. The average Bonchev–Trinajstić information content (AvgIpc) is 3.30. The fourth-order valence-electron chi connectivity index (χ4n) is 3.85. The number of carbonyl (C=O) groups is 2. The van der Waals surface area contributed by atoms with Gasteiger partial charge in [-0.2, -0.15) is 0 Å². The quantitative estimate of drug-likeness (QED) is 0.884. The summed E-state index contributed by atoms with van der Waals surface area (Å²) in [5, 5.41) is 1.32. The van der Waals surface area contributed by atoms with Gasteiger partial charge in [-0.25, -0.2) is 18.8 Å². The van der Waals surface area contributed by atoms with Gasteiger partial charge in [0.05, 0.1) is 12.0 Å². The number of likely N-dealkylation sites (tertiary alicyclic amines) is 1. The van der Waals surface area contributed by atoms with E-state index >= 15 is 0 Å². The van der Waals surface area contributed by atoms with Crippen LogP contribution in [0.1, 0.15) is 34.7 Å². The smallest absolute Gasteiger partial charge is 0.295 e. The van der Waals surface area contributed by atoms with Gasteiger partial charge in [-0.15, -0.1) is 0 Å². The molecule has 9 heteroatoms. The number of hydrogen-bond acceptors (Lipinski definition) is 5. The first-order chi connectivity index (χ1) is 12.9. The summed E-state index contributed by atoms with van der Waals surface area (Å²) in [5.74, 6) is -1.32. The van der Waals surface area contributed by atoms with Crippen molar-refractivity contribution in [2.75, 3.05) is 13.1 Å². The number of hydrazine groups is 1. The average molecular weight is 376 g/mol. The van der Waals surface area contributed by atoms with E-state index in [4.69, 9.17) is 4.42 Å². The van der Waals surface area contributed by atoms with E-state index in [9.17, 15) is 18.4 Å². The highest BCUT2D eigenvalue weighted by atomic mass is 19.1. The Kier molecular flexibility index (Phi) is 4.18. The number of halogens is 2. The van der Waals surface area contributed by atoms with Gasteiger partial charge in [0, 0.05) is 25.2 Å². The number of rotatable bonds is 3. The summed E-state index contributed by atoms with van der Waals surface area (Å²) in [6, 6.07) is 3.34. The molecule has 1 atom stereocenters. The number of carbonyl (C=O) groups excluding carboxylic acids is 2. The second-order valence-corrected chi connectivity index (χ2v) is 7.03. The highest BCUT2D eigenvalue weighted by Gasteiger charge is 2.52. The molecule has 0 bridgehead atoms. The van der Waals surface area contributed by atoms with Crippen molar-refractivity contribution >= 4 is 11.8 Å². The number of benzene rings is 1. The maximum Gasteiger partial charge on any atom is 0.295 e. The second-order valence-electron chi connectivity index (χ2n) is 7.03. The molecule has 1 spiro atoms. The molecular formula is C18H18F2N4O3. The van der Waals surface area contributed by atoms with E-state index in [1.165, 1.54) is 17.5 Å². The largest absolute Gasteiger partial charge is 0.448 e. The van der Waals surface area contributed by atoms with Crippen LogP contribution >= 0.6 is 0 Å². The van der Waals surface area contributed by atoms with Gasteiger partial charge in [0.2, 0.25) is 5.91 Å². The maximum atomic E-state index is 13.9. The van der Waals surface area contributed by atoms with Crippen LogP contribution < -0.4 is 5.43 Å². The standard InChI is InChI=1S/C18H18F2N4O3/c1-11-16(21-10-27-11)17(26)24-18(7-15(25)22-24)4-5-23(9-18)8-12-6-13(19)2-3-14(12)20/h2-3,6,10H,4-5,7-9H2,1H3,(H,22,25). The zero-order chi connectivity index (χ0) is 19.2. The SMILES string of the molecule is Cc1ocnc1C(=O)N1NC(=O)CC12CCN(Cc1cc(F)ccc1F)C2. The minimum Gasteiger partial charge on any atom is -0.448 e. The predicted molar refractivity (Wildman–Crippen MR) is 89.2 cm³/mol. The molecular weight excluding hydrogens is 358 g/mol. The van der Waals surface area contributed by atoms with Gasteiger partial charge >= 0.3 is 0 Å². The monoisotopic (exact) mass is 376 g/mol. The van der Waals surface area contributed by atoms with E-state index in [1.807, 2.05) is 4.90 Å². The van der Waals surface area contributed by atoms with E-state index in [-0.39, 0.29) is 30.1 Å². The van der Waals surface area contributed by atoms with Crippen molar-refractivity contribution in [3.8, 4) is 0 Å². The first-order valence-corrected chi connectivity index (χ1v) is 8.58. The number of amides is 2. The van der Waals surface area contributed by atoms with Crippen LogP contribution in [0.3, 0.4) is 0 Å². The molecule has 1 N–H and O–H groups in total. The van der Waals surface area contributed by atoms with Crippen molar-refractivity contribution in [2.24, 2.45) is 0 Å². The van der Waals surface area contributed by atoms with Gasteiger partial charge in [0.15, 0.2) is 12.1 Å². The van der Waals surface area contributed by atoms with Crippen molar-refractivity contribution in [1.29, 1.82) is 0 Å². The van der Waals surface area contributed by atoms with E-state index in [0.29, 0.717) is 25.3 Å². The Labute approximate surface area is 153 Å². The Balaban J connectivity index is 1.55. The van der Waals surface area contributed by atoms with Crippen LogP contribution in [0.25, 0.3) is 0 Å². The van der Waals surface area contributed by atoms with E-state index in [0.717, 1.165) is 12.1 Å². The molecule has 2 amide bonds. The fourth-order valence-corrected chi connectivity index (χ4v) is 3.85. The molecule has 0 aliphatic carbocycles. The van der Waals surface area contributed by atoms with Crippen molar-refractivity contribution < 1.29 is 22.8 Å². The van der Waals surface area contributed by atoms with Gasteiger partial charge in [0.25, 0.3) is 5.91 Å². The minimum atomic E-state index is -0.747. The summed E-state index contributed by atoms with van der Waals surface area (Å²) in [6.45, 7) is 2.74. The van der Waals surface area contributed by atoms with Gasteiger partial charge in [0.1, 0.15) is 17.4 Å². The van der Waals surface area contributed by atoms with Crippen molar-refractivity contribution in [2.45, 2.75) is 31.8 Å². The molecule has 2 saturated heterocycles. The highest BCUT2D eigenvalue weighted by Crippen LogP contribution is 2.36. The van der Waals surface area contributed by atoms with E-state index in [1.54, 1.807) is 6.92 Å². The summed E-state index contributed by atoms with van der Waals surface area (Å²) in [6.07, 6.45) is 1.86. The normalized spacial score (nSPS) is 22.6. The number of nitrogens with one attached hydrogen (secondary N) is 1. The molecule has 2 aliphatic heterocycles. The fraction of sp³-hybridized carbons (Fsp3) is 0.389. The number of nitrogens with zero attached hydrogens (tertiary/aromatic N) is 3. The minimum absolute atomic E-state index is 0.145. The molecule has 1 aromatic heterocycles. The molecule has 2 aliphatic rings. The van der Waals surface area contributed by atoms with E-state index in [2.05, 4.69) is 10.4 Å². The van der Waals surface area contributed by atoms with Crippen molar-refractivity contribution in [1.82, 2.24) is 20.3 Å². The lowest BCUT2D eigenvalue weighted by Gasteiger charge is -2.32. The Hall–Kier alpha value is -2.81. The molecule has 4 rings (SSSR count). The lowest BCUT2D eigenvalue weighted by atomic mass is 9.94. The summed E-state index contributed by atoms with van der Waals surface area (Å²) in [4.78, 5) is 30.8. The molecule has 0 radical (unpaired) electrons. The molecule has 3 heterocycles. The molecule has 2 fully saturated rings. The second kappa shape index (κ2) is 6.41.